The molecule has 2 aromatic rings. The molecule has 43 heavy (non-hydrogen) atoms. The Bertz CT molecular complexity index is 1140. The van der Waals surface area contributed by atoms with E-state index in [-0.39, 0.29) is 29.9 Å². The second-order valence-electron chi connectivity index (χ2n) is 12.9. The van der Waals surface area contributed by atoms with Gasteiger partial charge < -0.3 is 14.6 Å². The van der Waals surface area contributed by atoms with Crippen LogP contribution in [0.15, 0.2) is 85.0 Å². The third-order valence-corrected chi connectivity index (χ3v) is 13.7. The molecular weight excluding hydrogens is 562 g/mol. The van der Waals surface area contributed by atoms with Crippen LogP contribution in [-0.2, 0) is 9.22 Å². The summed E-state index contributed by atoms with van der Waals surface area (Å²) in [7, 11) is -2.94. The van der Waals surface area contributed by atoms with Crippen molar-refractivity contribution in [1.29, 1.82) is 0 Å². The molecule has 1 aliphatic carbocycles. The number of carboxylic acids is 1. The van der Waals surface area contributed by atoms with Crippen LogP contribution in [0.3, 0.4) is 0 Å². The normalized spacial score (nSPS) is 21.7. The van der Waals surface area contributed by atoms with E-state index in [1.54, 1.807) is 0 Å². The second kappa shape index (κ2) is 15.9. The van der Waals surface area contributed by atoms with Crippen LogP contribution < -0.4 is 10.4 Å². The fourth-order valence-electron chi connectivity index (χ4n) is 6.43. The summed E-state index contributed by atoms with van der Waals surface area (Å²) < 4.78 is 37.1. The zero-order chi connectivity index (χ0) is 31.5. The topological polar surface area (TPSA) is 66.8 Å². The van der Waals surface area contributed by atoms with Gasteiger partial charge in [0.25, 0.3) is 14.2 Å². The highest BCUT2D eigenvalue weighted by atomic mass is 28.4. The minimum atomic E-state index is -2.94. The van der Waals surface area contributed by atoms with E-state index < -0.39 is 32.2 Å². The van der Waals surface area contributed by atoms with Gasteiger partial charge in [-0.1, -0.05) is 119 Å². The molecule has 7 heteroatoms. The molecule has 236 valence electrons. The first-order valence-electron chi connectivity index (χ1n) is 15.8. The number of halogens is 2. The molecule has 0 bridgehead atoms. The Labute approximate surface area is 258 Å². The van der Waals surface area contributed by atoms with E-state index >= 15 is 0 Å². The van der Waals surface area contributed by atoms with Crippen molar-refractivity contribution in [2.75, 3.05) is 0 Å². The Morgan fingerprint density at radius 2 is 1.58 bits per heavy atom. The molecule has 0 spiro atoms. The number of carboxylic acid groups (broad SMARTS) is 1. The van der Waals surface area contributed by atoms with Crippen LogP contribution in [0.25, 0.3) is 0 Å². The first-order chi connectivity index (χ1) is 20.4. The lowest BCUT2D eigenvalue weighted by atomic mass is 9.89. The maximum atomic E-state index is 14.8. The summed E-state index contributed by atoms with van der Waals surface area (Å²) in [4.78, 5) is 10.9. The molecule has 0 saturated heterocycles. The van der Waals surface area contributed by atoms with Gasteiger partial charge in [-0.05, 0) is 59.5 Å². The molecule has 0 amide bonds. The fourth-order valence-corrected chi connectivity index (χ4v) is 11.2. The number of allylic oxidation sites excluding steroid dienone is 3. The monoisotopic (exact) mass is 612 g/mol. The third kappa shape index (κ3) is 9.44. The first kappa shape index (κ1) is 34.9. The van der Waals surface area contributed by atoms with E-state index in [2.05, 4.69) is 45.0 Å². The van der Waals surface area contributed by atoms with Gasteiger partial charge in [0.05, 0.1) is 12.2 Å². The van der Waals surface area contributed by atoms with Crippen LogP contribution in [0.1, 0.15) is 85.5 Å². The highest BCUT2D eigenvalue weighted by molar-refractivity contribution is 6.99. The SMILES string of the molecule is CCCCCC(F)(F)C=C[C@@H]1[C@@H](CC=CCCCC(=O)O)[C@@H](O[Si](c2ccccc2)(c2ccccc2)C(C)(C)C)C[C@H]1O. The van der Waals surface area contributed by atoms with Gasteiger partial charge in [-0.3, -0.25) is 4.79 Å². The van der Waals surface area contributed by atoms with Crippen LogP contribution in [-0.4, -0.2) is 42.6 Å². The van der Waals surface area contributed by atoms with Gasteiger partial charge in [0.1, 0.15) is 0 Å². The van der Waals surface area contributed by atoms with Crippen LogP contribution in [0.2, 0.25) is 5.04 Å². The molecule has 2 aromatic carbocycles. The van der Waals surface area contributed by atoms with E-state index in [4.69, 9.17) is 9.53 Å². The number of hydrogen-bond acceptors (Lipinski definition) is 3. The summed E-state index contributed by atoms with van der Waals surface area (Å²) >= 11 is 0. The van der Waals surface area contributed by atoms with Gasteiger partial charge in [0.15, 0.2) is 0 Å². The number of carbonyl (C=O) groups is 1. The number of aliphatic hydroxyl groups is 1. The van der Waals surface area contributed by atoms with E-state index in [1.165, 1.54) is 6.08 Å². The lowest BCUT2D eigenvalue weighted by Crippen LogP contribution is -2.68. The van der Waals surface area contributed by atoms with Crippen molar-refractivity contribution >= 4 is 24.7 Å². The zero-order valence-electron chi connectivity index (χ0n) is 26.2. The predicted octanol–water partition coefficient (Wildman–Crippen LogP) is 7.90. The lowest BCUT2D eigenvalue weighted by molar-refractivity contribution is -0.137. The summed E-state index contributed by atoms with van der Waals surface area (Å²) in [5, 5.41) is 22.3. The molecule has 0 aromatic heterocycles. The average Bonchev–Trinajstić information content (AvgIpc) is 3.25. The van der Waals surface area contributed by atoms with E-state index in [9.17, 15) is 18.7 Å². The van der Waals surface area contributed by atoms with Crippen molar-refractivity contribution in [3.8, 4) is 0 Å². The second-order valence-corrected chi connectivity index (χ2v) is 17.2. The molecule has 0 unspecified atom stereocenters. The molecule has 1 fully saturated rings. The molecule has 4 atom stereocenters. The Morgan fingerprint density at radius 1 is 0.977 bits per heavy atom. The molecule has 0 aliphatic heterocycles. The third-order valence-electron chi connectivity index (χ3n) is 8.65. The lowest BCUT2D eigenvalue weighted by Gasteiger charge is -2.45. The summed E-state index contributed by atoms with van der Waals surface area (Å²) in [5.41, 5.74) is 0. The molecule has 3 rings (SSSR count). The molecule has 1 aliphatic rings. The number of aliphatic hydroxyl groups excluding tert-OH is 1. The van der Waals surface area contributed by atoms with Crippen molar-refractivity contribution in [3.05, 3.63) is 85.0 Å². The van der Waals surface area contributed by atoms with Gasteiger partial charge in [-0.25, -0.2) is 8.78 Å². The molecule has 1 saturated carbocycles. The van der Waals surface area contributed by atoms with E-state index in [1.807, 2.05) is 55.5 Å². The smallest absolute Gasteiger partial charge is 0.303 e. The average molecular weight is 613 g/mol. The predicted molar refractivity (Wildman–Crippen MR) is 174 cm³/mol. The van der Waals surface area contributed by atoms with Crippen molar-refractivity contribution in [3.63, 3.8) is 0 Å². The maximum Gasteiger partial charge on any atom is 0.303 e. The van der Waals surface area contributed by atoms with Crippen LogP contribution in [0.5, 0.6) is 0 Å². The van der Waals surface area contributed by atoms with Crippen LogP contribution in [0, 0.1) is 11.8 Å². The summed E-state index contributed by atoms with van der Waals surface area (Å²) in [6.45, 7) is 8.61. The number of benzene rings is 2. The van der Waals surface area contributed by atoms with Gasteiger partial charge >= 0.3 is 5.97 Å². The Morgan fingerprint density at radius 3 is 2.12 bits per heavy atom. The summed E-state index contributed by atoms with van der Waals surface area (Å²) in [6.07, 6.45) is 9.42. The van der Waals surface area contributed by atoms with E-state index in [0.717, 1.165) is 29.3 Å². The summed E-state index contributed by atoms with van der Waals surface area (Å²) in [6, 6.07) is 20.6. The largest absolute Gasteiger partial charge is 0.481 e. The minimum absolute atomic E-state index is 0.102. The standard InChI is InChI=1S/C36H50F2O4Si/c1-5-6-17-25-36(37,38)26-24-30-31(22-15-7-8-16-23-34(40)41)33(27-32(30)39)42-43(35(2,3)4,28-18-11-9-12-19-28)29-20-13-10-14-21-29/h7,9-15,18-21,24,26,30-33,39H,5-6,8,16-17,22-23,25,27H2,1-4H3,(H,40,41)/t30-,31-,32-,33+/m1/s1. The van der Waals surface area contributed by atoms with Gasteiger partial charge in [0.2, 0.25) is 0 Å². The maximum absolute atomic E-state index is 14.8. The Balaban J connectivity index is 2.00. The van der Waals surface area contributed by atoms with Gasteiger partial charge in [-0.15, -0.1) is 0 Å². The Hall–Kier alpha value is -2.61. The van der Waals surface area contributed by atoms with Gasteiger partial charge in [0, 0.05) is 18.8 Å². The molecule has 2 N–H and O–H groups in total. The van der Waals surface area contributed by atoms with Crippen molar-refractivity contribution in [2.24, 2.45) is 11.8 Å². The minimum Gasteiger partial charge on any atom is -0.481 e. The number of aliphatic carboxylic acids is 1. The Kier molecular flexibility index (Phi) is 12.9. The molecule has 0 heterocycles. The first-order valence-corrected chi connectivity index (χ1v) is 17.7. The van der Waals surface area contributed by atoms with Crippen molar-refractivity contribution < 1.29 is 28.2 Å². The van der Waals surface area contributed by atoms with Crippen LogP contribution in [0.4, 0.5) is 8.78 Å². The molecule has 4 nitrogen and oxygen atoms in total. The highest BCUT2D eigenvalue weighted by Crippen LogP contribution is 2.44. The zero-order valence-corrected chi connectivity index (χ0v) is 27.2. The van der Waals surface area contributed by atoms with Gasteiger partial charge in [-0.2, -0.15) is 0 Å². The van der Waals surface area contributed by atoms with Crippen molar-refractivity contribution in [2.45, 2.75) is 109 Å². The number of hydrogen-bond donors (Lipinski definition) is 2. The van der Waals surface area contributed by atoms with Crippen molar-refractivity contribution in [1.82, 2.24) is 0 Å². The molecule has 0 radical (unpaired) electrons. The van der Waals surface area contributed by atoms with E-state index in [0.29, 0.717) is 32.1 Å². The number of unbranched alkanes of at least 4 members (excludes halogenated alkanes) is 3. The number of alkyl halides is 2. The summed E-state index contributed by atoms with van der Waals surface area (Å²) in [5.74, 6) is -4.45. The molecular formula is C36H50F2O4Si. The quantitative estimate of drug-likeness (QED) is 0.115. The highest BCUT2D eigenvalue weighted by Gasteiger charge is 2.54. The fraction of sp³-hybridized carbons (Fsp3) is 0.528. The van der Waals surface area contributed by atoms with Crippen LogP contribution >= 0.6 is 0 Å². The number of rotatable bonds is 16.